The topological polar surface area (TPSA) is 97.5 Å². The number of hydrogen-bond acceptors (Lipinski definition) is 6. The van der Waals surface area contributed by atoms with E-state index in [-0.39, 0.29) is 24.7 Å². The van der Waals surface area contributed by atoms with E-state index < -0.39 is 24.0 Å². The number of nitrogens with zero attached hydrogens (tertiary/aromatic N) is 2. The summed E-state index contributed by atoms with van der Waals surface area (Å²) in [6.45, 7) is -0.230. The van der Waals surface area contributed by atoms with Crippen LogP contribution in [0, 0.1) is 5.92 Å². The summed E-state index contributed by atoms with van der Waals surface area (Å²) in [6, 6.07) is 4.65. The summed E-state index contributed by atoms with van der Waals surface area (Å²) >= 11 is 0. The zero-order valence-electron chi connectivity index (χ0n) is 10.6. The molecule has 2 rings (SSSR count). The second-order valence-corrected chi connectivity index (χ2v) is 4.36. The fraction of sp³-hybridized carbons (Fsp3) is 0.364. The van der Waals surface area contributed by atoms with E-state index in [0.29, 0.717) is 0 Å². The van der Waals surface area contributed by atoms with Gasteiger partial charge >= 0.3 is 12.1 Å². The van der Waals surface area contributed by atoms with Crippen LogP contribution in [0.3, 0.4) is 0 Å². The molecule has 0 aromatic carbocycles. The van der Waals surface area contributed by atoms with Crippen LogP contribution in [0.4, 0.5) is 24.8 Å². The van der Waals surface area contributed by atoms with E-state index in [0.717, 1.165) is 5.06 Å². The van der Waals surface area contributed by atoms with Gasteiger partial charge in [-0.05, 0) is 12.1 Å². The van der Waals surface area contributed by atoms with Gasteiger partial charge in [-0.15, -0.1) is 5.06 Å². The van der Waals surface area contributed by atoms with Gasteiger partial charge < -0.3 is 15.9 Å². The maximum absolute atomic E-state index is 12.0. The predicted molar refractivity (Wildman–Crippen MR) is 64.5 cm³/mol. The molecule has 2 heterocycles. The van der Waals surface area contributed by atoms with Crippen molar-refractivity contribution in [2.75, 3.05) is 24.1 Å². The number of pyridine rings is 1. The number of rotatable bonds is 3. The minimum absolute atomic E-state index is 0.115. The average Bonchev–Trinajstić information content (AvgIpc) is 2.31. The second kappa shape index (κ2) is 5.56. The highest BCUT2D eigenvalue weighted by atomic mass is 19.4. The highest BCUT2D eigenvalue weighted by Gasteiger charge is 2.45. The van der Waals surface area contributed by atoms with Crippen molar-refractivity contribution in [2.45, 2.75) is 6.18 Å². The molecule has 0 aliphatic carbocycles. The van der Waals surface area contributed by atoms with Gasteiger partial charge in [-0.1, -0.05) is 6.07 Å². The van der Waals surface area contributed by atoms with Crippen LogP contribution in [0.15, 0.2) is 18.2 Å². The molecule has 1 amide bonds. The van der Waals surface area contributed by atoms with Crippen molar-refractivity contribution in [3.8, 4) is 0 Å². The molecule has 1 aliphatic rings. The summed E-state index contributed by atoms with van der Waals surface area (Å²) in [4.78, 5) is 30.2. The van der Waals surface area contributed by atoms with Crippen LogP contribution in [-0.4, -0.2) is 41.2 Å². The maximum atomic E-state index is 12.0. The number of amides is 1. The zero-order chi connectivity index (χ0) is 15.6. The van der Waals surface area contributed by atoms with Crippen LogP contribution in [-0.2, 0) is 14.4 Å². The molecule has 10 heteroatoms. The number of nitrogens with one attached hydrogen (secondary N) is 1. The third kappa shape index (κ3) is 3.81. The number of carbonyl (C=O) groups excluding carboxylic acids is 2. The number of halogens is 3. The van der Waals surface area contributed by atoms with E-state index in [9.17, 15) is 22.8 Å². The molecule has 21 heavy (non-hydrogen) atoms. The van der Waals surface area contributed by atoms with Crippen molar-refractivity contribution in [1.82, 2.24) is 10.0 Å². The minimum atomic E-state index is -5.06. The molecular formula is C11H11F3N4O3. The Morgan fingerprint density at radius 3 is 2.62 bits per heavy atom. The van der Waals surface area contributed by atoms with E-state index in [2.05, 4.69) is 15.1 Å². The van der Waals surface area contributed by atoms with E-state index in [1.165, 1.54) is 12.1 Å². The lowest BCUT2D eigenvalue weighted by atomic mass is 10.0. The molecule has 3 N–H and O–H groups in total. The predicted octanol–water partition coefficient (Wildman–Crippen LogP) is 0.555. The van der Waals surface area contributed by atoms with E-state index in [1.54, 1.807) is 6.07 Å². The number of hydroxylamine groups is 2. The van der Waals surface area contributed by atoms with Crippen LogP contribution in [0.2, 0.25) is 0 Å². The van der Waals surface area contributed by atoms with Crippen molar-refractivity contribution in [3.05, 3.63) is 18.2 Å². The highest BCUT2D eigenvalue weighted by molar-refractivity contribution is 5.92. The monoisotopic (exact) mass is 304 g/mol. The lowest BCUT2D eigenvalue weighted by Crippen LogP contribution is -2.53. The fourth-order valence-corrected chi connectivity index (χ4v) is 1.60. The zero-order valence-corrected chi connectivity index (χ0v) is 10.6. The van der Waals surface area contributed by atoms with Crippen molar-refractivity contribution in [1.29, 1.82) is 0 Å². The smallest absolute Gasteiger partial charge is 0.384 e. The number of carbonyl (C=O) groups is 2. The normalized spacial score (nSPS) is 16.1. The Bertz CT molecular complexity index is 558. The minimum Gasteiger partial charge on any atom is -0.384 e. The molecule has 0 saturated carbocycles. The summed E-state index contributed by atoms with van der Waals surface area (Å²) in [5.41, 5.74) is 5.44. The Labute approximate surface area is 116 Å². The second-order valence-electron chi connectivity index (χ2n) is 4.36. The first-order valence-corrected chi connectivity index (χ1v) is 5.83. The Balaban J connectivity index is 1.79. The van der Waals surface area contributed by atoms with Gasteiger partial charge in [0.1, 0.15) is 11.6 Å². The third-order valence-electron chi connectivity index (χ3n) is 2.68. The van der Waals surface area contributed by atoms with Crippen LogP contribution in [0.25, 0.3) is 0 Å². The standard InChI is InChI=1S/C11H11F3N4O3/c12-11(13,14)10(20)21-18-4-6(5-18)9(19)17-8-3-1-2-7(15)16-8/h1-3,6H,4-5H2,(H3,15,16,17,19). The summed E-state index contributed by atoms with van der Waals surface area (Å²) < 4.78 is 35.9. The van der Waals surface area contributed by atoms with E-state index in [1.807, 2.05) is 0 Å². The molecule has 1 aliphatic heterocycles. The van der Waals surface area contributed by atoms with Gasteiger partial charge in [0.25, 0.3) is 0 Å². The van der Waals surface area contributed by atoms with Crippen LogP contribution >= 0.6 is 0 Å². The first-order chi connectivity index (χ1) is 9.75. The molecule has 0 unspecified atom stereocenters. The van der Waals surface area contributed by atoms with E-state index in [4.69, 9.17) is 5.73 Å². The number of alkyl halides is 3. The van der Waals surface area contributed by atoms with Crippen molar-refractivity contribution < 1.29 is 27.6 Å². The van der Waals surface area contributed by atoms with Gasteiger partial charge in [0, 0.05) is 13.1 Å². The van der Waals surface area contributed by atoms with Crippen molar-refractivity contribution in [3.63, 3.8) is 0 Å². The molecule has 0 atom stereocenters. The van der Waals surface area contributed by atoms with Crippen LogP contribution in [0.5, 0.6) is 0 Å². The van der Waals surface area contributed by atoms with Gasteiger partial charge in [0.15, 0.2) is 0 Å². The molecule has 1 saturated heterocycles. The largest absolute Gasteiger partial charge is 0.492 e. The van der Waals surface area contributed by atoms with Gasteiger partial charge in [-0.3, -0.25) is 4.79 Å². The number of aromatic nitrogens is 1. The molecule has 7 nitrogen and oxygen atoms in total. The average molecular weight is 304 g/mol. The number of hydrogen-bond donors (Lipinski definition) is 2. The molecule has 1 aromatic heterocycles. The molecule has 0 radical (unpaired) electrons. The van der Waals surface area contributed by atoms with Gasteiger partial charge in [-0.25, -0.2) is 9.78 Å². The summed E-state index contributed by atoms with van der Waals surface area (Å²) in [7, 11) is 0. The first kappa shape index (κ1) is 15.0. The lowest BCUT2D eigenvalue weighted by molar-refractivity contribution is -0.256. The highest BCUT2D eigenvalue weighted by Crippen LogP contribution is 2.22. The van der Waals surface area contributed by atoms with Crippen LogP contribution < -0.4 is 11.1 Å². The number of nitrogen functional groups attached to an aromatic ring is 1. The summed E-state index contributed by atoms with van der Waals surface area (Å²) in [6.07, 6.45) is -5.06. The van der Waals surface area contributed by atoms with Gasteiger partial charge in [-0.2, -0.15) is 13.2 Å². The SMILES string of the molecule is Nc1cccc(NC(=O)C2CN(OC(=O)C(F)(F)F)C2)n1. The summed E-state index contributed by atoms with van der Waals surface area (Å²) in [5.74, 6) is -2.87. The number of nitrogens with two attached hydrogens (primary N) is 1. The quantitative estimate of drug-likeness (QED) is 0.846. The molecule has 1 aromatic rings. The molecule has 0 spiro atoms. The number of anilines is 2. The first-order valence-electron chi connectivity index (χ1n) is 5.83. The Kier molecular flexibility index (Phi) is 3.98. The maximum Gasteiger partial charge on any atom is 0.492 e. The molecule has 1 fully saturated rings. The Morgan fingerprint density at radius 1 is 1.38 bits per heavy atom. The Hall–Kier alpha value is -2.36. The van der Waals surface area contributed by atoms with Gasteiger partial charge in [0.05, 0.1) is 5.92 Å². The molecular weight excluding hydrogens is 293 g/mol. The van der Waals surface area contributed by atoms with E-state index >= 15 is 0 Å². The van der Waals surface area contributed by atoms with Crippen molar-refractivity contribution >= 4 is 23.5 Å². The van der Waals surface area contributed by atoms with Gasteiger partial charge in [0.2, 0.25) is 5.91 Å². The third-order valence-corrected chi connectivity index (χ3v) is 2.68. The van der Waals surface area contributed by atoms with Crippen molar-refractivity contribution in [2.24, 2.45) is 5.92 Å². The summed E-state index contributed by atoms with van der Waals surface area (Å²) in [5, 5.41) is 3.24. The lowest BCUT2D eigenvalue weighted by Gasteiger charge is -2.35. The van der Waals surface area contributed by atoms with Crippen LogP contribution in [0.1, 0.15) is 0 Å². The fourth-order valence-electron chi connectivity index (χ4n) is 1.60. The Morgan fingerprint density at radius 2 is 2.05 bits per heavy atom. The molecule has 0 bridgehead atoms. The molecule has 114 valence electrons.